The molecule has 23 heavy (non-hydrogen) atoms. The van der Waals surface area contributed by atoms with Gasteiger partial charge in [0, 0.05) is 22.6 Å². The van der Waals surface area contributed by atoms with Crippen molar-refractivity contribution in [3.05, 3.63) is 47.3 Å². The van der Waals surface area contributed by atoms with E-state index in [9.17, 15) is 8.42 Å². The number of aliphatic imine (C=N–C) groups is 1. The fourth-order valence-corrected chi connectivity index (χ4v) is 3.75. The standard InChI is InChI=1S/C14H16ClN3O3S2/c15-11-1-3-13(4-2-11)23(19,20)10-14(16)17-6-8-22-9-12-5-7-21-18-12/h1-5,7H,6,8-10H2,(H2,16,17). The molecule has 1 aromatic carbocycles. The second-order valence-electron chi connectivity index (χ2n) is 4.63. The maximum absolute atomic E-state index is 12.2. The van der Waals surface area contributed by atoms with Crippen molar-refractivity contribution in [2.75, 3.05) is 18.1 Å². The Labute approximate surface area is 144 Å². The molecule has 0 aliphatic heterocycles. The molecule has 0 bridgehead atoms. The van der Waals surface area contributed by atoms with Gasteiger partial charge in [-0.2, -0.15) is 11.8 Å². The molecular formula is C14H16ClN3O3S2. The minimum Gasteiger partial charge on any atom is -0.387 e. The van der Waals surface area contributed by atoms with Gasteiger partial charge in [0.2, 0.25) is 0 Å². The highest BCUT2D eigenvalue weighted by Gasteiger charge is 2.16. The quantitative estimate of drug-likeness (QED) is 0.433. The van der Waals surface area contributed by atoms with Crippen LogP contribution >= 0.6 is 23.4 Å². The highest BCUT2D eigenvalue weighted by molar-refractivity contribution is 7.98. The average Bonchev–Trinajstić information content (AvgIpc) is 3.00. The molecule has 2 N–H and O–H groups in total. The van der Waals surface area contributed by atoms with Crippen LogP contribution in [-0.2, 0) is 15.6 Å². The minimum atomic E-state index is -3.50. The number of thioether (sulfide) groups is 1. The van der Waals surface area contributed by atoms with Gasteiger partial charge in [-0.25, -0.2) is 8.42 Å². The lowest BCUT2D eigenvalue weighted by molar-refractivity contribution is 0.414. The summed E-state index contributed by atoms with van der Waals surface area (Å²) in [5.41, 5.74) is 6.57. The minimum absolute atomic E-state index is 0.0991. The van der Waals surface area contributed by atoms with Crippen LogP contribution in [0.15, 0.2) is 51.0 Å². The van der Waals surface area contributed by atoms with E-state index in [1.165, 1.54) is 30.5 Å². The zero-order chi connectivity index (χ0) is 16.7. The molecule has 0 spiro atoms. The number of hydrogen-bond acceptors (Lipinski definition) is 6. The van der Waals surface area contributed by atoms with Crippen molar-refractivity contribution in [2.45, 2.75) is 10.6 Å². The third kappa shape index (κ3) is 5.89. The first-order valence-corrected chi connectivity index (χ1v) is 9.90. The topological polar surface area (TPSA) is 98.6 Å². The summed E-state index contributed by atoms with van der Waals surface area (Å²) in [6, 6.07) is 7.77. The van der Waals surface area contributed by atoms with Crippen LogP contribution in [-0.4, -0.2) is 37.5 Å². The van der Waals surface area contributed by atoms with Crippen LogP contribution in [0.3, 0.4) is 0 Å². The van der Waals surface area contributed by atoms with Crippen LogP contribution in [0.1, 0.15) is 5.69 Å². The molecule has 6 nitrogen and oxygen atoms in total. The summed E-state index contributed by atoms with van der Waals surface area (Å²) < 4.78 is 29.1. The molecule has 1 aromatic heterocycles. The van der Waals surface area contributed by atoms with Crippen LogP contribution in [0.25, 0.3) is 0 Å². The van der Waals surface area contributed by atoms with E-state index in [0.717, 1.165) is 11.4 Å². The van der Waals surface area contributed by atoms with Crippen molar-refractivity contribution < 1.29 is 12.9 Å². The first-order chi connectivity index (χ1) is 11.0. The molecule has 124 valence electrons. The summed E-state index contributed by atoms with van der Waals surface area (Å²) in [4.78, 5) is 4.28. The smallest absolute Gasteiger partial charge is 0.185 e. The van der Waals surface area contributed by atoms with Crippen molar-refractivity contribution in [1.82, 2.24) is 5.16 Å². The number of benzene rings is 1. The summed E-state index contributed by atoms with van der Waals surface area (Å²) in [6.45, 7) is 0.449. The van der Waals surface area contributed by atoms with E-state index in [-0.39, 0.29) is 16.5 Å². The maximum atomic E-state index is 12.2. The first kappa shape index (κ1) is 17.8. The van der Waals surface area contributed by atoms with E-state index in [1.807, 2.05) is 0 Å². The molecule has 0 unspecified atom stereocenters. The number of halogens is 1. The van der Waals surface area contributed by atoms with Gasteiger partial charge in [-0.05, 0) is 24.3 Å². The molecular weight excluding hydrogens is 358 g/mol. The van der Waals surface area contributed by atoms with Crippen molar-refractivity contribution in [2.24, 2.45) is 10.7 Å². The Morgan fingerprint density at radius 3 is 2.70 bits per heavy atom. The molecule has 0 radical (unpaired) electrons. The molecule has 2 rings (SSSR count). The summed E-state index contributed by atoms with van der Waals surface area (Å²) in [5.74, 6) is 1.23. The van der Waals surface area contributed by atoms with E-state index < -0.39 is 9.84 Å². The number of hydrogen-bond donors (Lipinski definition) is 1. The monoisotopic (exact) mass is 373 g/mol. The van der Waals surface area contributed by atoms with Gasteiger partial charge < -0.3 is 10.3 Å². The zero-order valence-corrected chi connectivity index (χ0v) is 14.6. The van der Waals surface area contributed by atoms with Crippen molar-refractivity contribution in [3.8, 4) is 0 Å². The van der Waals surface area contributed by atoms with Crippen molar-refractivity contribution >= 4 is 39.0 Å². The highest BCUT2D eigenvalue weighted by atomic mass is 35.5. The first-order valence-electron chi connectivity index (χ1n) is 6.71. The van der Waals surface area contributed by atoms with E-state index >= 15 is 0 Å². The maximum Gasteiger partial charge on any atom is 0.185 e. The van der Waals surface area contributed by atoms with E-state index in [2.05, 4.69) is 10.1 Å². The van der Waals surface area contributed by atoms with Crippen LogP contribution < -0.4 is 5.73 Å². The van der Waals surface area contributed by atoms with Gasteiger partial charge in [0.1, 0.15) is 17.9 Å². The van der Waals surface area contributed by atoms with Gasteiger partial charge in [-0.3, -0.25) is 4.99 Å². The number of rotatable bonds is 8. The van der Waals surface area contributed by atoms with Gasteiger partial charge >= 0.3 is 0 Å². The molecule has 0 aliphatic carbocycles. The molecule has 0 atom stereocenters. The molecule has 9 heteroatoms. The zero-order valence-electron chi connectivity index (χ0n) is 12.2. The SMILES string of the molecule is NC(CS(=O)(=O)c1ccc(Cl)cc1)=NCCSCc1ccon1. The third-order valence-electron chi connectivity index (χ3n) is 2.80. The van der Waals surface area contributed by atoms with Crippen LogP contribution in [0.4, 0.5) is 0 Å². The lowest BCUT2D eigenvalue weighted by Gasteiger charge is -2.04. The number of amidine groups is 1. The van der Waals surface area contributed by atoms with Gasteiger partial charge in [0.05, 0.1) is 17.1 Å². The molecule has 1 heterocycles. The average molecular weight is 374 g/mol. The van der Waals surface area contributed by atoms with Gasteiger partial charge in [0.25, 0.3) is 0 Å². The molecule has 0 saturated heterocycles. The van der Waals surface area contributed by atoms with Gasteiger partial charge in [-0.15, -0.1) is 0 Å². The number of aromatic nitrogens is 1. The number of sulfone groups is 1. The Hall–Kier alpha value is -1.51. The largest absolute Gasteiger partial charge is 0.387 e. The predicted molar refractivity (Wildman–Crippen MR) is 92.7 cm³/mol. The van der Waals surface area contributed by atoms with Crippen molar-refractivity contribution in [1.29, 1.82) is 0 Å². The van der Waals surface area contributed by atoms with Crippen LogP contribution in [0.5, 0.6) is 0 Å². The highest BCUT2D eigenvalue weighted by Crippen LogP contribution is 2.15. The fourth-order valence-electron chi connectivity index (χ4n) is 1.71. The lowest BCUT2D eigenvalue weighted by atomic mass is 10.4. The fraction of sp³-hybridized carbons (Fsp3) is 0.286. The van der Waals surface area contributed by atoms with E-state index in [1.54, 1.807) is 17.8 Å². The summed E-state index contributed by atoms with van der Waals surface area (Å²) in [5, 5.41) is 4.27. The Bertz CT molecular complexity index is 744. The van der Waals surface area contributed by atoms with E-state index in [0.29, 0.717) is 17.3 Å². The van der Waals surface area contributed by atoms with Crippen LogP contribution in [0.2, 0.25) is 5.02 Å². The second-order valence-corrected chi connectivity index (χ2v) is 8.16. The van der Waals surface area contributed by atoms with Crippen LogP contribution in [0, 0.1) is 0 Å². The third-order valence-corrected chi connectivity index (χ3v) is 5.69. The number of nitrogens with two attached hydrogens (primary N) is 1. The Morgan fingerprint density at radius 2 is 2.04 bits per heavy atom. The molecule has 0 fully saturated rings. The molecule has 0 amide bonds. The van der Waals surface area contributed by atoms with E-state index in [4.69, 9.17) is 21.9 Å². The Kier molecular flexibility index (Phi) is 6.49. The van der Waals surface area contributed by atoms with Gasteiger partial charge in [-0.1, -0.05) is 16.8 Å². The lowest BCUT2D eigenvalue weighted by Crippen LogP contribution is -2.24. The van der Waals surface area contributed by atoms with Gasteiger partial charge in [0.15, 0.2) is 9.84 Å². The normalized spacial score (nSPS) is 12.5. The molecule has 0 aliphatic rings. The summed E-state index contributed by atoms with van der Waals surface area (Å²) >= 11 is 7.37. The Balaban J connectivity index is 1.80. The molecule has 2 aromatic rings. The Morgan fingerprint density at radius 1 is 1.30 bits per heavy atom. The number of nitrogens with zero attached hydrogens (tertiary/aromatic N) is 2. The predicted octanol–water partition coefficient (Wildman–Crippen LogP) is 2.39. The summed E-state index contributed by atoms with van der Waals surface area (Å²) in [6.07, 6.45) is 1.52. The molecule has 0 saturated carbocycles. The van der Waals surface area contributed by atoms with Crippen molar-refractivity contribution in [3.63, 3.8) is 0 Å². The second kappa shape index (κ2) is 8.37. The summed E-state index contributed by atoms with van der Waals surface area (Å²) in [7, 11) is -3.50.